The van der Waals surface area contributed by atoms with Crippen molar-refractivity contribution in [1.29, 1.82) is 0 Å². The van der Waals surface area contributed by atoms with Gasteiger partial charge >= 0.3 is 6.09 Å². The van der Waals surface area contributed by atoms with Crippen molar-refractivity contribution in [3.63, 3.8) is 0 Å². The molecule has 0 saturated heterocycles. The Balaban J connectivity index is 3.06. The van der Waals surface area contributed by atoms with Gasteiger partial charge in [0.15, 0.2) is 0 Å². The van der Waals surface area contributed by atoms with Crippen LogP contribution in [0.25, 0.3) is 0 Å². The molecule has 0 aromatic heterocycles. The van der Waals surface area contributed by atoms with Crippen molar-refractivity contribution in [2.24, 2.45) is 0 Å². The molecule has 0 aliphatic carbocycles. The number of carbonyl (C=O) groups is 1. The van der Waals surface area contributed by atoms with Gasteiger partial charge in [-0.25, -0.2) is 4.79 Å². The molecule has 1 amide bonds. The monoisotopic (exact) mass is 119 g/mol. The first kappa shape index (κ1) is 7.23. The van der Waals surface area contributed by atoms with E-state index in [4.69, 9.17) is 0 Å². The summed E-state index contributed by atoms with van der Waals surface area (Å²) in [5.74, 6) is 0. The number of hydrogen-bond donors (Lipinski definition) is 1. The van der Waals surface area contributed by atoms with E-state index in [0.29, 0.717) is 6.54 Å². The van der Waals surface area contributed by atoms with Gasteiger partial charge in [0, 0.05) is 6.54 Å². The van der Waals surface area contributed by atoms with Crippen LogP contribution in [-0.4, -0.2) is 19.7 Å². The second-order valence-electron chi connectivity index (χ2n) is 1.07. The Morgan fingerprint density at radius 1 is 1.75 bits per heavy atom. The van der Waals surface area contributed by atoms with Crippen LogP contribution in [0.5, 0.6) is 0 Å². The van der Waals surface area contributed by atoms with E-state index in [2.05, 4.69) is 15.1 Å². The summed E-state index contributed by atoms with van der Waals surface area (Å²) < 4.78 is 0. The fourth-order valence-electron chi connectivity index (χ4n) is 0.249. The van der Waals surface area contributed by atoms with Gasteiger partial charge < -0.3 is 5.32 Å². The molecule has 4 heteroatoms. The number of nitrogens with one attached hydrogen (secondary N) is 1. The van der Waals surface area contributed by atoms with Gasteiger partial charge in [0.25, 0.3) is 0 Å². The van der Waals surface area contributed by atoms with E-state index in [1.807, 2.05) is 0 Å². The molecule has 0 bridgehead atoms. The Morgan fingerprint density at radius 2 is 2.38 bits per heavy atom. The van der Waals surface area contributed by atoms with Gasteiger partial charge in [0.05, 0.1) is 7.11 Å². The number of amides is 1. The molecular formula is C4H9NO3. The van der Waals surface area contributed by atoms with E-state index >= 15 is 0 Å². The average Bonchev–Trinajstić information content (AvgIpc) is 1.68. The van der Waals surface area contributed by atoms with Gasteiger partial charge in [-0.2, -0.15) is 4.89 Å². The summed E-state index contributed by atoms with van der Waals surface area (Å²) in [4.78, 5) is 18.3. The quantitative estimate of drug-likeness (QED) is 0.420. The molecule has 8 heavy (non-hydrogen) atoms. The molecule has 0 fully saturated rings. The van der Waals surface area contributed by atoms with Crippen molar-refractivity contribution in [3.05, 3.63) is 0 Å². The molecule has 0 saturated carbocycles. The Kier molecular flexibility index (Phi) is 3.97. The van der Waals surface area contributed by atoms with Gasteiger partial charge in [-0.1, -0.05) is 0 Å². The standard InChI is InChI=1S/C4H9NO3/c1-3-5-4(6)8-7-2/h3H2,1-2H3,(H,5,6). The highest BCUT2D eigenvalue weighted by Gasteiger charge is 1.94. The molecule has 0 atom stereocenters. The number of rotatable bonds is 2. The van der Waals surface area contributed by atoms with Crippen molar-refractivity contribution in [3.8, 4) is 0 Å². The molecule has 0 spiro atoms. The lowest BCUT2D eigenvalue weighted by Gasteiger charge is -1.97. The highest BCUT2D eigenvalue weighted by atomic mass is 17.2. The third-order valence-corrected chi connectivity index (χ3v) is 0.480. The molecule has 0 aliphatic rings. The van der Waals surface area contributed by atoms with Crippen molar-refractivity contribution >= 4 is 6.09 Å². The van der Waals surface area contributed by atoms with Crippen molar-refractivity contribution in [2.75, 3.05) is 13.7 Å². The average molecular weight is 119 g/mol. The summed E-state index contributed by atoms with van der Waals surface area (Å²) >= 11 is 0. The van der Waals surface area contributed by atoms with Crippen LogP contribution in [0, 0.1) is 0 Å². The molecule has 0 rings (SSSR count). The summed E-state index contributed by atoms with van der Waals surface area (Å²) in [5.41, 5.74) is 0. The van der Waals surface area contributed by atoms with Gasteiger partial charge in [-0.3, -0.25) is 4.89 Å². The Hall–Kier alpha value is -0.770. The van der Waals surface area contributed by atoms with Crippen LogP contribution < -0.4 is 5.32 Å². The lowest BCUT2D eigenvalue weighted by molar-refractivity contribution is -0.212. The highest BCUT2D eigenvalue weighted by molar-refractivity contribution is 5.66. The first-order chi connectivity index (χ1) is 3.81. The lowest BCUT2D eigenvalue weighted by atomic mass is 10.8. The normalized spacial score (nSPS) is 8.25. The molecule has 0 aromatic carbocycles. The van der Waals surface area contributed by atoms with Gasteiger partial charge in [0.2, 0.25) is 0 Å². The Labute approximate surface area is 47.7 Å². The van der Waals surface area contributed by atoms with E-state index in [1.165, 1.54) is 7.11 Å². The SMILES string of the molecule is CCNC(=O)OOC. The minimum Gasteiger partial charge on any atom is -0.319 e. The first-order valence-corrected chi connectivity index (χ1v) is 2.29. The molecule has 4 nitrogen and oxygen atoms in total. The minimum atomic E-state index is -0.560. The highest BCUT2D eigenvalue weighted by Crippen LogP contribution is 1.73. The van der Waals surface area contributed by atoms with Crippen LogP contribution in [0.2, 0.25) is 0 Å². The smallest absolute Gasteiger partial charge is 0.319 e. The van der Waals surface area contributed by atoms with Gasteiger partial charge in [-0.05, 0) is 6.92 Å². The second kappa shape index (κ2) is 4.39. The fourth-order valence-corrected chi connectivity index (χ4v) is 0.249. The maximum absolute atomic E-state index is 10.2. The first-order valence-electron chi connectivity index (χ1n) is 2.29. The van der Waals surface area contributed by atoms with Crippen LogP contribution in [0.15, 0.2) is 0 Å². The summed E-state index contributed by atoms with van der Waals surface area (Å²) in [5, 5.41) is 2.36. The van der Waals surface area contributed by atoms with Crippen molar-refractivity contribution < 1.29 is 14.6 Å². The number of hydrogen-bond acceptors (Lipinski definition) is 3. The third-order valence-electron chi connectivity index (χ3n) is 0.480. The maximum Gasteiger partial charge on any atom is 0.438 e. The van der Waals surface area contributed by atoms with E-state index in [-0.39, 0.29) is 0 Å². The zero-order chi connectivity index (χ0) is 6.41. The Morgan fingerprint density at radius 3 is 2.75 bits per heavy atom. The molecule has 0 radical (unpaired) electrons. The van der Waals surface area contributed by atoms with E-state index in [9.17, 15) is 4.79 Å². The summed E-state index contributed by atoms with van der Waals surface area (Å²) in [6.45, 7) is 2.33. The third kappa shape index (κ3) is 3.42. The molecule has 0 aliphatic heterocycles. The van der Waals surface area contributed by atoms with Crippen molar-refractivity contribution in [2.45, 2.75) is 6.92 Å². The number of carbonyl (C=O) groups excluding carboxylic acids is 1. The molecule has 1 N–H and O–H groups in total. The molecular weight excluding hydrogens is 110 g/mol. The van der Waals surface area contributed by atoms with Crippen molar-refractivity contribution in [1.82, 2.24) is 5.32 Å². The summed E-state index contributed by atoms with van der Waals surface area (Å²) in [6.07, 6.45) is -0.560. The molecule has 0 heterocycles. The zero-order valence-electron chi connectivity index (χ0n) is 4.93. The molecule has 0 unspecified atom stereocenters. The topological polar surface area (TPSA) is 47.6 Å². The molecule has 48 valence electrons. The lowest BCUT2D eigenvalue weighted by Crippen LogP contribution is -2.23. The fraction of sp³-hybridized carbons (Fsp3) is 0.750. The van der Waals surface area contributed by atoms with Crippen LogP contribution in [-0.2, 0) is 9.78 Å². The zero-order valence-corrected chi connectivity index (χ0v) is 4.93. The molecule has 0 aromatic rings. The van der Waals surface area contributed by atoms with E-state index < -0.39 is 6.09 Å². The van der Waals surface area contributed by atoms with Crippen LogP contribution >= 0.6 is 0 Å². The largest absolute Gasteiger partial charge is 0.438 e. The maximum atomic E-state index is 10.2. The van der Waals surface area contributed by atoms with E-state index in [0.717, 1.165) is 0 Å². The summed E-state index contributed by atoms with van der Waals surface area (Å²) in [6, 6.07) is 0. The van der Waals surface area contributed by atoms with Gasteiger partial charge in [0.1, 0.15) is 0 Å². The Bertz CT molecular complexity index is 65.7. The minimum absolute atomic E-state index is 0.544. The van der Waals surface area contributed by atoms with Crippen LogP contribution in [0.1, 0.15) is 6.92 Å². The summed E-state index contributed by atoms with van der Waals surface area (Å²) in [7, 11) is 1.27. The van der Waals surface area contributed by atoms with Crippen LogP contribution in [0.4, 0.5) is 4.79 Å². The predicted octanol–water partition coefficient (Wildman–Crippen LogP) is 0.294. The van der Waals surface area contributed by atoms with E-state index in [1.54, 1.807) is 6.92 Å². The van der Waals surface area contributed by atoms with Crippen LogP contribution in [0.3, 0.4) is 0 Å². The predicted molar refractivity (Wildman–Crippen MR) is 27.2 cm³/mol. The second-order valence-corrected chi connectivity index (χ2v) is 1.07. The van der Waals surface area contributed by atoms with Gasteiger partial charge in [-0.15, -0.1) is 0 Å².